The lowest BCUT2D eigenvalue weighted by molar-refractivity contribution is -0.137. The third-order valence-corrected chi connectivity index (χ3v) is 3.54. The first-order valence-corrected chi connectivity index (χ1v) is 5.78. The summed E-state index contributed by atoms with van der Waals surface area (Å²) in [6.07, 6.45) is -4.39. The van der Waals surface area contributed by atoms with Crippen LogP contribution in [-0.2, 0) is 16.4 Å². The van der Waals surface area contributed by atoms with E-state index >= 15 is 0 Å². The number of anilines is 1. The van der Waals surface area contributed by atoms with E-state index in [9.17, 15) is 18.0 Å². The Kier molecular flexibility index (Phi) is 2.77. The molecule has 1 aromatic rings. The van der Waals surface area contributed by atoms with E-state index in [-0.39, 0.29) is 5.91 Å². The molecule has 0 saturated carbocycles. The third-order valence-electron chi connectivity index (χ3n) is 3.54. The molecule has 102 valence electrons. The van der Waals surface area contributed by atoms with Crippen LogP contribution < -0.4 is 4.90 Å². The maximum atomic E-state index is 12.8. The van der Waals surface area contributed by atoms with Crippen molar-refractivity contribution in [3.63, 3.8) is 0 Å². The molecule has 2 rings (SSSR count). The average Bonchev–Trinajstić information content (AvgIpc) is 2.46. The Morgan fingerprint density at radius 3 is 2.37 bits per heavy atom. The molecule has 0 aromatic heterocycles. The van der Waals surface area contributed by atoms with E-state index in [1.807, 2.05) is 0 Å². The molecular formula is C14H14F3NO. The SMILES string of the molecule is C=C1N(C(C)=O)c2ccc(C(F)(F)F)cc2C1(C)C. The number of allylic oxidation sites excluding steroid dienone is 1. The molecular weight excluding hydrogens is 255 g/mol. The van der Waals surface area contributed by atoms with E-state index in [0.717, 1.165) is 12.1 Å². The zero-order valence-electron chi connectivity index (χ0n) is 10.9. The average molecular weight is 269 g/mol. The van der Waals surface area contributed by atoms with Crippen LogP contribution in [0.3, 0.4) is 0 Å². The highest BCUT2D eigenvalue weighted by atomic mass is 19.4. The number of nitrogens with zero attached hydrogens (tertiary/aromatic N) is 1. The Balaban J connectivity index is 2.66. The molecule has 1 heterocycles. The Labute approximate surface area is 109 Å². The van der Waals surface area contributed by atoms with Crippen molar-refractivity contribution in [1.82, 2.24) is 0 Å². The smallest absolute Gasteiger partial charge is 0.284 e. The summed E-state index contributed by atoms with van der Waals surface area (Å²) < 4.78 is 38.3. The quantitative estimate of drug-likeness (QED) is 0.700. The van der Waals surface area contributed by atoms with Gasteiger partial charge in [-0.25, -0.2) is 0 Å². The van der Waals surface area contributed by atoms with Crippen LogP contribution >= 0.6 is 0 Å². The van der Waals surface area contributed by atoms with Crippen LogP contribution in [0.15, 0.2) is 30.5 Å². The summed E-state index contributed by atoms with van der Waals surface area (Å²) in [5.74, 6) is -0.253. The Morgan fingerprint density at radius 2 is 1.89 bits per heavy atom. The Bertz CT molecular complexity index is 573. The van der Waals surface area contributed by atoms with Gasteiger partial charge in [-0.3, -0.25) is 9.69 Å². The molecule has 1 aliphatic rings. The van der Waals surface area contributed by atoms with Crippen LogP contribution in [0.1, 0.15) is 31.9 Å². The maximum absolute atomic E-state index is 12.8. The topological polar surface area (TPSA) is 20.3 Å². The van der Waals surface area contributed by atoms with Crippen molar-refractivity contribution in [3.8, 4) is 0 Å². The van der Waals surface area contributed by atoms with Gasteiger partial charge >= 0.3 is 6.18 Å². The van der Waals surface area contributed by atoms with Gasteiger partial charge in [-0.05, 0) is 23.8 Å². The van der Waals surface area contributed by atoms with Crippen molar-refractivity contribution in [1.29, 1.82) is 0 Å². The number of carbonyl (C=O) groups excluding carboxylic acids is 1. The zero-order valence-corrected chi connectivity index (χ0v) is 10.9. The molecule has 1 amide bonds. The lowest BCUT2D eigenvalue weighted by Crippen LogP contribution is -2.28. The van der Waals surface area contributed by atoms with Crippen molar-refractivity contribution < 1.29 is 18.0 Å². The second kappa shape index (κ2) is 3.85. The summed E-state index contributed by atoms with van der Waals surface area (Å²) in [7, 11) is 0. The summed E-state index contributed by atoms with van der Waals surface area (Å²) in [6.45, 7) is 8.73. The summed E-state index contributed by atoms with van der Waals surface area (Å²) in [6, 6.07) is 3.42. The summed E-state index contributed by atoms with van der Waals surface area (Å²) >= 11 is 0. The largest absolute Gasteiger partial charge is 0.416 e. The molecule has 0 saturated heterocycles. The van der Waals surface area contributed by atoms with Gasteiger partial charge in [-0.1, -0.05) is 20.4 Å². The van der Waals surface area contributed by atoms with Gasteiger partial charge in [0.2, 0.25) is 5.91 Å². The fraction of sp³-hybridized carbons (Fsp3) is 0.357. The van der Waals surface area contributed by atoms with Gasteiger partial charge in [0.15, 0.2) is 0 Å². The van der Waals surface area contributed by atoms with Crippen molar-refractivity contribution >= 4 is 11.6 Å². The molecule has 0 bridgehead atoms. The van der Waals surface area contributed by atoms with Gasteiger partial charge in [-0.15, -0.1) is 0 Å². The molecule has 0 spiro atoms. The number of hydrogen-bond donors (Lipinski definition) is 0. The maximum Gasteiger partial charge on any atom is 0.416 e. The van der Waals surface area contributed by atoms with Crippen LogP contribution in [0.2, 0.25) is 0 Å². The number of halogens is 3. The minimum absolute atomic E-state index is 0.253. The molecule has 19 heavy (non-hydrogen) atoms. The van der Waals surface area contributed by atoms with E-state index in [2.05, 4.69) is 6.58 Å². The van der Waals surface area contributed by atoms with Crippen LogP contribution in [-0.4, -0.2) is 5.91 Å². The minimum atomic E-state index is -4.39. The number of carbonyl (C=O) groups is 1. The van der Waals surface area contributed by atoms with Crippen molar-refractivity contribution in [3.05, 3.63) is 41.6 Å². The van der Waals surface area contributed by atoms with Crippen LogP contribution in [0.25, 0.3) is 0 Å². The molecule has 1 aromatic carbocycles. The second-order valence-corrected chi connectivity index (χ2v) is 5.16. The van der Waals surface area contributed by atoms with Gasteiger partial charge in [0.25, 0.3) is 0 Å². The van der Waals surface area contributed by atoms with E-state index in [0.29, 0.717) is 16.9 Å². The normalized spacial score (nSPS) is 17.6. The second-order valence-electron chi connectivity index (χ2n) is 5.16. The highest BCUT2D eigenvalue weighted by Crippen LogP contribution is 2.48. The number of amides is 1. The summed E-state index contributed by atoms with van der Waals surface area (Å²) in [5, 5.41) is 0. The Morgan fingerprint density at radius 1 is 1.32 bits per heavy atom. The molecule has 0 fully saturated rings. The number of alkyl halides is 3. The first-order chi connectivity index (χ1) is 8.56. The van der Waals surface area contributed by atoms with Crippen molar-refractivity contribution in [2.75, 3.05) is 4.90 Å². The van der Waals surface area contributed by atoms with Gasteiger partial charge < -0.3 is 0 Å². The Hall–Kier alpha value is -1.78. The van der Waals surface area contributed by atoms with E-state index < -0.39 is 17.2 Å². The van der Waals surface area contributed by atoms with Crippen LogP contribution in [0.5, 0.6) is 0 Å². The zero-order chi connectivity index (χ0) is 14.6. The minimum Gasteiger partial charge on any atom is -0.284 e. The first kappa shape index (κ1) is 13.6. The monoisotopic (exact) mass is 269 g/mol. The van der Waals surface area contributed by atoms with Gasteiger partial charge in [0, 0.05) is 18.0 Å². The third kappa shape index (κ3) is 1.93. The highest BCUT2D eigenvalue weighted by Gasteiger charge is 2.42. The molecule has 0 unspecified atom stereocenters. The molecule has 5 heteroatoms. The molecule has 2 nitrogen and oxygen atoms in total. The van der Waals surface area contributed by atoms with Gasteiger partial charge in [0.05, 0.1) is 11.3 Å². The standard InChI is InChI=1S/C14H14F3NO/c1-8-13(3,4)11-7-10(14(15,16)17)5-6-12(11)18(8)9(2)19/h5-7H,1H2,2-4H3. The van der Waals surface area contributed by atoms with Crippen molar-refractivity contribution in [2.24, 2.45) is 0 Å². The lowest BCUT2D eigenvalue weighted by atomic mass is 9.84. The van der Waals surface area contributed by atoms with Crippen molar-refractivity contribution in [2.45, 2.75) is 32.4 Å². The lowest BCUT2D eigenvalue weighted by Gasteiger charge is -2.23. The van der Waals surface area contributed by atoms with E-state index in [1.165, 1.54) is 17.9 Å². The van der Waals surface area contributed by atoms with Crippen LogP contribution in [0, 0.1) is 0 Å². The molecule has 0 radical (unpaired) electrons. The predicted octanol–water partition coefficient (Wildman–Crippen LogP) is 3.86. The molecule has 0 aliphatic carbocycles. The number of rotatable bonds is 0. The molecule has 0 atom stereocenters. The fourth-order valence-electron chi connectivity index (χ4n) is 2.35. The molecule has 0 N–H and O–H groups in total. The van der Waals surface area contributed by atoms with Gasteiger partial charge in [-0.2, -0.15) is 13.2 Å². The molecule has 1 aliphatic heterocycles. The number of benzene rings is 1. The highest BCUT2D eigenvalue weighted by molar-refractivity contribution is 5.99. The van der Waals surface area contributed by atoms with Gasteiger partial charge in [0.1, 0.15) is 0 Å². The number of hydrogen-bond acceptors (Lipinski definition) is 1. The van der Waals surface area contributed by atoms with Crippen LogP contribution in [0.4, 0.5) is 18.9 Å². The van der Waals surface area contributed by atoms with E-state index in [4.69, 9.17) is 0 Å². The van der Waals surface area contributed by atoms with E-state index in [1.54, 1.807) is 13.8 Å². The number of fused-ring (bicyclic) bond motifs is 1. The summed E-state index contributed by atoms with van der Waals surface area (Å²) in [5.41, 5.74) is 0.0484. The first-order valence-electron chi connectivity index (χ1n) is 5.78. The predicted molar refractivity (Wildman–Crippen MR) is 66.8 cm³/mol. The fourth-order valence-corrected chi connectivity index (χ4v) is 2.35. The summed E-state index contributed by atoms with van der Waals surface area (Å²) in [4.78, 5) is 13.0.